The van der Waals surface area contributed by atoms with Gasteiger partial charge in [0, 0.05) is 6.54 Å². The summed E-state index contributed by atoms with van der Waals surface area (Å²) in [5, 5.41) is 2.66. The summed E-state index contributed by atoms with van der Waals surface area (Å²) in [6.07, 6.45) is 5.69. The van der Waals surface area contributed by atoms with Crippen molar-refractivity contribution in [2.24, 2.45) is 0 Å². The minimum atomic E-state index is -1.10. The second kappa shape index (κ2) is 6.39. The Bertz CT molecular complexity index is 835. The number of carbonyl (C=O) groups is 1. The van der Waals surface area contributed by atoms with Crippen molar-refractivity contribution in [1.29, 1.82) is 0 Å². The fourth-order valence-electron chi connectivity index (χ4n) is 2.20. The third-order valence-corrected chi connectivity index (χ3v) is 3.18. The maximum absolute atomic E-state index is 13.4. The van der Waals surface area contributed by atoms with Crippen LogP contribution in [0.4, 0.5) is 8.78 Å². The molecule has 1 aromatic heterocycles. The van der Waals surface area contributed by atoms with Crippen LogP contribution in [0.15, 0.2) is 23.0 Å². The Kier molecular flexibility index (Phi) is 4.56. The Hall–Kier alpha value is -2.68. The zero-order valence-electron chi connectivity index (χ0n) is 12.0. The summed E-state index contributed by atoms with van der Waals surface area (Å²) < 4.78 is 27.9. The lowest BCUT2D eigenvalue weighted by Gasteiger charge is -2.13. The predicted molar refractivity (Wildman–Crippen MR) is 79.6 cm³/mol. The minimum absolute atomic E-state index is 0.00889. The number of benzene rings is 1. The lowest BCUT2D eigenvalue weighted by atomic mass is 10.1. The third-order valence-electron chi connectivity index (χ3n) is 3.18. The van der Waals surface area contributed by atoms with Gasteiger partial charge in [-0.2, -0.15) is 0 Å². The molecule has 1 heterocycles. The van der Waals surface area contributed by atoms with Crippen molar-refractivity contribution >= 4 is 16.7 Å². The summed E-state index contributed by atoms with van der Waals surface area (Å²) in [6.45, 7) is 2.13. The highest BCUT2D eigenvalue weighted by molar-refractivity contribution is 5.96. The van der Waals surface area contributed by atoms with Crippen molar-refractivity contribution in [3.8, 4) is 12.3 Å². The summed E-state index contributed by atoms with van der Waals surface area (Å²) in [5.41, 5.74) is -0.468. The van der Waals surface area contributed by atoms with Crippen LogP contribution in [0.25, 0.3) is 10.8 Å². The van der Waals surface area contributed by atoms with E-state index in [2.05, 4.69) is 11.2 Å². The summed E-state index contributed by atoms with van der Waals surface area (Å²) in [4.78, 5) is 24.5. The molecule has 0 atom stereocenters. The number of fused-ring (bicyclic) bond motifs is 1. The van der Waals surface area contributed by atoms with E-state index in [1.807, 2.05) is 6.92 Å². The minimum Gasteiger partial charge on any atom is -0.340 e. The second-order valence-electron chi connectivity index (χ2n) is 4.73. The van der Waals surface area contributed by atoms with Gasteiger partial charge < -0.3 is 9.88 Å². The van der Waals surface area contributed by atoms with Crippen LogP contribution in [0.5, 0.6) is 0 Å². The van der Waals surface area contributed by atoms with Gasteiger partial charge >= 0.3 is 0 Å². The van der Waals surface area contributed by atoms with Gasteiger partial charge in [-0.25, -0.2) is 8.78 Å². The van der Waals surface area contributed by atoms with Gasteiger partial charge in [0.05, 0.1) is 11.9 Å². The second-order valence-corrected chi connectivity index (χ2v) is 4.73. The Labute approximate surface area is 125 Å². The zero-order valence-corrected chi connectivity index (χ0v) is 12.0. The molecule has 0 fully saturated rings. The number of nitrogens with one attached hydrogen (secondary N) is 1. The smallest absolute Gasteiger partial charge is 0.268 e. The Morgan fingerprint density at radius 1 is 1.32 bits per heavy atom. The van der Waals surface area contributed by atoms with Crippen LogP contribution in [0.2, 0.25) is 0 Å². The fraction of sp³-hybridized carbons (Fsp3) is 0.250. The van der Waals surface area contributed by atoms with Gasteiger partial charge in [-0.3, -0.25) is 9.59 Å². The number of terminal acetylenes is 1. The van der Waals surface area contributed by atoms with Crippen molar-refractivity contribution < 1.29 is 13.6 Å². The van der Waals surface area contributed by atoms with Crippen molar-refractivity contribution in [2.75, 3.05) is 6.54 Å². The lowest BCUT2D eigenvalue weighted by Crippen LogP contribution is -2.32. The van der Waals surface area contributed by atoms with Crippen LogP contribution in [0.1, 0.15) is 23.8 Å². The molecule has 0 aliphatic rings. The molecule has 114 valence electrons. The molecule has 6 heteroatoms. The number of pyridine rings is 1. The summed E-state index contributed by atoms with van der Waals surface area (Å²) in [7, 11) is 0. The number of hydrogen-bond donors (Lipinski definition) is 1. The number of halogens is 2. The van der Waals surface area contributed by atoms with Crippen LogP contribution < -0.4 is 10.9 Å². The molecule has 0 radical (unpaired) electrons. The molecule has 0 unspecified atom stereocenters. The molecule has 4 nitrogen and oxygen atoms in total. The first-order chi connectivity index (χ1) is 10.5. The van der Waals surface area contributed by atoms with Crippen molar-refractivity contribution in [2.45, 2.75) is 19.9 Å². The van der Waals surface area contributed by atoms with E-state index in [1.54, 1.807) is 0 Å². The summed E-state index contributed by atoms with van der Waals surface area (Å²) in [6, 6.07) is 3.11. The molecule has 22 heavy (non-hydrogen) atoms. The lowest BCUT2D eigenvalue weighted by molar-refractivity contribution is 0.0948. The van der Waals surface area contributed by atoms with E-state index in [4.69, 9.17) is 6.42 Å². The van der Waals surface area contributed by atoms with E-state index in [0.29, 0.717) is 6.42 Å². The van der Waals surface area contributed by atoms with E-state index < -0.39 is 23.1 Å². The topological polar surface area (TPSA) is 51.1 Å². The van der Waals surface area contributed by atoms with Gasteiger partial charge in [0.1, 0.15) is 5.69 Å². The number of amides is 1. The standard InChI is InChI=1S/C16H14F2N2O2/c1-3-5-19-15(21)14-8-10-7-12(17)13(18)9-11(10)16(22)20(14)6-4-2/h1,7-9H,4-6H2,2H3,(H,19,21). The van der Waals surface area contributed by atoms with Crippen LogP contribution >= 0.6 is 0 Å². The molecule has 1 aromatic carbocycles. The average Bonchev–Trinajstić information content (AvgIpc) is 2.49. The first-order valence-corrected chi connectivity index (χ1v) is 6.73. The maximum Gasteiger partial charge on any atom is 0.268 e. The van der Waals surface area contributed by atoms with Gasteiger partial charge in [-0.15, -0.1) is 6.42 Å². The Morgan fingerprint density at radius 3 is 2.64 bits per heavy atom. The first-order valence-electron chi connectivity index (χ1n) is 6.73. The number of nitrogens with zero attached hydrogens (tertiary/aromatic N) is 1. The van der Waals surface area contributed by atoms with Gasteiger partial charge in [0.25, 0.3) is 11.5 Å². The van der Waals surface area contributed by atoms with E-state index in [1.165, 1.54) is 10.6 Å². The molecule has 2 rings (SSSR count). The number of hydrogen-bond acceptors (Lipinski definition) is 2. The quantitative estimate of drug-likeness (QED) is 0.879. The molecule has 2 aromatic rings. The zero-order chi connectivity index (χ0) is 16.3. The normalized spacial score (nSPS) is 10.5. The fourth-order valence-corrected chi connectivity index (χ4v) is 2.20. The Morgan fingerprint density at radius 2 is 2.00 bits per heavy atom. The highest BCUT2D eigenvalue weighted by atomic mass is 19.2. The van der Waals surface area contributed by atoms with Crippen LogP contribution in [0, 0.1) is 24.0 Å². The number of carbonyl (C=O) groups excluding carboxylic acids is 1. The largest absolute Gasteiger partial charge is 0.340 e. The highest BCUT2D eigenvalue weighted by Gasteiger charge is 2.16. The SMILES string of the molecule is C#CCNC(=O)c1cc2cc(F)c(F)cc2c(=O)n1CCC. The van der Waals surface area contributed by atoms with E-state index in [0.717, 1.165) is 12.1 Å². The van der Waals surface area contributed by atoms with Gasteiger partial charge in [0.2, 0.25) is 0 Å². The molecule has 0 bridgehead atoms. The van der Waals surface area contributed by atoms with Crippen LogP contribution in [0.3, 0.4) is 0 Å². The summed E-state index contributed by atoms with van der Waals surface area (Å²) >= 11 is 0. The molecule has 0 saturated carbocycles. The number of aromatic nitrogens is 1. The number of rotatable bonds is 4. The molecular formula is C16H14F2N2O2. The molecule has 1 amide bonds. The molecule has 0 saturated heterocycles. The highest BCUT2D eigenvalue weighted by Crippen LogP contribution is 2.17. The average molecular weight is 304 g/mol. The Balaban J connectivity index is 2.71. The van der Waals surface area contributed by atoms with Gasteiger partial charge in [-0.05, 0) is 30.0 Å². The van der Waals surface area contributed by atoms with Crippen LogP contribution in [-0.2, 0) is 6.54 Å². The molecule has 0 spiro atoms. The maximum atomic E-state index is 13.4. The van der Waals surface area contributed by atoms with Gasteiger partial charge in [-0.1, -0.05) is 12.8 Å². The van der Waals surface area contributed by atoms with Crippen LogP contribution in [-0.4, -0.2) is 17.0 Å². The first kappa shape index (κ1) is 15.7. The van der Waals surface area contributed by atoms with E-state index >= 15 is 0 Å². The predicted octanol–water partition coefficient (Wildman–Crippen LogP) is 2.05. The van der Waals surface area contributed by atoms with E-state index in [-0.39, 0.29) is 29.6 Å². The molecule has 1 N–H and O–H groups in total. The van der Waals surface area contributed by atoms with Crippen molar-refractivity contribution in [1.82, 2.24) is 9.88 Å². The van der Waals surface area contributed by atoms with E-state index in [9.17, 15) is 18.4 Å². The summed E-state index contributed by atoms with van der Waals surface area (Å²) in [5.74, 6) is -0.447. The molecule has 0 aliphatic carbocycles. The van der Waals surface area contributed by atoms with Crippen molar-refractivity contribution in [3.63, 3.8) is 0 Å². The van der Waals surface area contributed by atoms with Gasteiger partial charge in [0.15, 0.2) is 11.6 Å². The molecular weight excluding hydrogens is 290 g/mol. The van der Waals surface area contributed by atoms with Crippen molar-refractivity contribution in [3.05, 3.63) is 45.9 Å². The monoisotopic (exact) mass is 304 g/mol. The third kappa shape index (κ3) is 2.84. The molecule has 0 aliphatic heterocycles.